The molecule has 1 aliphatic heterocycles. The molecule has 0 amide bonds. The van der Waals surface area contributed by atoms with E-state index in [0.717, 1.165) is 24.2 Å². The Bertz CT molecular complexity index is 389. The second-order valence-electron chi connectivity index (χ2n) is 3.61. The molecule has 0 saturated heterocycles. The number of allylic oxidation sites excluding steroid dienone is 2. The maximum atomic E-state index is 3.43. The Hall–Kier alpha value is -1.70. The van der Waals surface area contributed by atoms with Crippen molar-refractivity contribution in [2.75, 3.05) is 10.6 Å². The van der Waals surface area contributed by atoms with Gasteiger partial charge in [0, 0.05) is 0 Å². The van der Waals surface area contributed by atoms with Crippen molar-refractivity contribution in [1.82, 2.24) is 0 Å². The third kappa shape index (κ3) is 1.11. The molecule has 1 aliphatic carbocycles. The number of para-hydroxylation sites is 2. The summed E-state index contributed by atoms with van der Waals surface area (Å²) in [5.74, 6) is 0. The van der Waals surface area contributed by atoms with Gasteiger partial charge in [0.2, 0.25) is 0 Å². The molecule has 70 valence electrons. The molecule has 14 heavy (non-hydrogen) atoms. The van der Waals surface area contributed by atoms with Crippen LogP contribution >= 0.6 is 0 Å². The van der Waals surface area contributed by atoms with E-state index in [1.807, 2.05) is 12.1 Å². The van der Waals surface area contributed by atoms with E-state index in [4.69, 9.17) is 0 Å². The van der Waals surface area contributed by atoms with E-state index in [9.17, 15) is 0 Å². The number of anilines is 2. The van der Waals surface area contributed by atoms with Crippen LogP contribution in [0.15, 0.2) is 47.8 Å². The molecular weight excluding hydrogens is 172 g/mol. The lowest BCUT2D eigenvalue weighted by Gasteiger charge is -2.27. The van der Waals surface area contributed by atoms with Gasteiger partial charge in [-0.15, -0.1) is 0 Å². The quantitative estimate of drug-likeness (QED) is 0.647. The Morgan fingerprint density at radius 2 is 1.29 bits per heavy atom. The first kappa shape index (κ1) is 7.68. The van der Waals surface area contributed by atoms with Crippen LogP contribution in [0.1, 0.15) is 12.8 Å². The maximum Gasteiger partial charge on any atom is 0.0624 e. The maximum absolute atomic E-state index is 3.43. The highest BCUT2D eigenvalue weighted by Crippen LogP contribution is 2.33. The number of benzene rings is 1. The van der Waals surface area contributed by atoms with Crippen molar-refractivity contribution >= 4 is 11.4 Å². The standard InChI is InChI=1S/C12H12N2/c1-2-6-10-9(5-1)13-11-7-3-4-8-12(11)14-10/h1-2,5-8,13-14H,3-4H2. The van der Waals surface area contributed by atoms with Crippen molar-refractivity contribution < 1.29 is 0 Å². The Balaban J connectivity index is 2.07. The van der Waals surface area contributed by atoms with Crippen molar-refractivity contribution in [2.24, 2.45) is 0 Å². The molecular formula is C12H12N2. The lowest BCUT2D eigenvalue weighted by Crippen LogP contribution is -2.18. The first-order valence-electron chi connectivity index (χ1n) is 4.97. The van der Waals surface area contributed by atoms with Crippen LogP contribution in [0, 0.1) is 0 Å². The monoisotopic (exact) mass is 184 g/mol. The number of hydrogen-bond donors (Lipinski definition) is 2. The Morgan fingerprint density at radius 3 is 1.79 bits per heavy atom. The van der Waals surface area contributed by atoms with Gasteiger partial charge in [0.25, 0.3) is 0 Å². The lowest BCUT2D eigenvalue weighted by molar-refractivity contribution is 0.989. The fourth-order valence-corrected chi connectivity index (χ4v) is 1.90. The summed E-state index contributed by atoms with van der Waals surface area (Å²) in [6.45, 7) is 0. The Morgan fingerprint density at radius 1 is 0.786 bits per heavy atom. The Kier molecular flexibility index (Phi) is 1.60. The van der Waals surface area contributed by atoms with Crippen molar-refractivity contribution in [3.05, 3.63) is 47.8 Å². The second-order valence-corrected chi connectivity index (χ2v) is 3.61. The first-order valence-corrected chi connectivity index (χ1v) is 4.97. The fraction of sp³-hybridized carbons (Fsp3) is 0.167. The van der Waals surface area contributed by atoms with Crippen molar-refractivity contribution in [3.8, 4) is 0 Å². The van der Waals surface area contributed by atoms with Crippen LogP contribution in [-0.4, -0.2) is 0 Å². The van der Waals surface area contributed by atoms with Gasteiger partial charge in [0.1, 0.15) is 0 Å². The number of hydrogen-bond acceptors (Lipinski definition) is 2. The summed E-state index contributed by atoms with van der Waals surface area (Å²) >= 11 is 0. The van der Waals surface area contributed by atoms with Crippen LogP contribution in [0.3, 0.4) is 0 Å². The predicted octanol–water partition coefficient (Wildman–Crippen LogP) is 3.09. The topological polar surface area (TPSA) is 24.1 Å². The third-order valence-corrected chi connectivity index (χ3v) is 2.62. The summed E-state index contributed by atoms with van der Waals surface area (Å²) < 4.78 is 0. The van der Waals surface area contributed by atoms with Crippen LogP contribution < -0.4 is 10.6 Å². The molecule has 0 bridgehead atoms. The van der Waals surface area contributed by atoms with Crippen molar-refractivity contribution in [3.63, 3.8) is 0 Å². The van der Waals surface area contributed by atoms with E-state index in [-0.39, 0.29) is 0 Å². The van der Waals surface area contributed by atoms with Gasteiger partial charge in [-0.05, 0) is 25.0 Å². The van der Waals surface area contributed by atoms with Crippen LogP contribution in [0.25, 0.3) is 0 Å². The smallest absolute Gasteiger partial charge is 0.0624 e. The molecule has 2 aliphatic rings. The first-order chi connectivity index (χ1) is 6.93. The zero-order valence-corrected chi connectivity index (χ0v) is 7.88. The number of rotatable bonds is 0. The second kappa shape index (κ2) is 2.91. The van der Waals surface area contributed by atoms with E-state index in [1.54, 1.807) is 0 Å². The summed E-state index contributed by atoms with van der Waals surface area (Å²) in [5, 5.41) is 6.86. The molecule has 2 N–H and O–H groups in total. The van der Waals surface area contributed by atoms with Gasteiger partial charge in [-0.1, -0.05) is 24.3 Å². The molecule has 0 unspecified atom stereocenters. The largest absolute Gasteiger partial charge is 0.352 e. The van der Waals surface area contributed by atoms with E-state index in [2.05, 4.69) is 34.9 Å². The molecule has 2 heteroatoms. The number of nitrogens with one attached hydrogen (secondary N) is 2. The molecule has 1 heterocycles. The summed E-state index contributed by atoms with van der Waals surface area (Å²) in [6, 6.07) is 8.28. The highest BCUT2D eigenvalue weighted by Gasteiger charge is 2.16. The van der Waals surface area contributed by atoms with Crippen LogP contribution in [0.4, 0.5) is 11.4 Å². The van der Waals surface area contributed by atoms with Gasteiger partial charge >= 0.3 is 0 Å². The molecule has 0 spiro atoms. The Labute approximate surface area is 83.3 Å². The molecule has 0 radical (unpaired) electrons. The normalized spacial score (nSPS) is 18.0. The summed E-state index contributed by atoms with van der Waals surface area (Å²) in [7, 11) is 0. The van der Waals surface area contributed by atoms with E-state index >= 15 is 0 Å². The van der Waals surface area contributed by atoms with Gasteiger partial charge in [-0.3, -0.25) is 0 Å². The lowest BCUT2D eigenvalue weighted by atomic mass is 10.1. The van der Waals surface area contributed by atoms with Crippen LogP contribution in [0.2, 0.25) is 0 Å². The molecule has 0 fully saturated rings. The molecule has 0 atom stereocenters. The minimum Gasteiger partial charge on any atom is -0.352 e. The zero-order valence-electron chi connectivity index (χ0n) is 7.88. The minimum atomic E-state index is 1.13. The van der Waals surface area contributed by atoms with Crippen LogP contribution in [0.5, 0.6) is 0 Å². The predicted molar refractivity (Wildman–Crippen MR) is 59.1 cm³/mol. The molecule has 0 saturated carbocycles. The molecule has 3 rings (SSSR count). The summed E-state index contributed by atoms with van der Waals surface area (Å²) in [6.07, 6.45) is 6.77. The van der Waals surface area contributed by atoms with E-state index < -0.39 is 0 Å². The zero-order chi connectivity index (χ0) is 9.38. The average molecular weight is 184 g/mol. The van der Waals surface area contributed by atoms with Gasteiger partial charge in [-0.25, -0.2) is 0 Å². The molecule has 0 aromatic heterocycles. The van der Waals surface area contributed by atoms with E-state index in [0.29, 0.717) is 0 Å². The fourth-order valence-electron chi connectivity index (χ4n) is 1.90. The highest BCUT2D eigenvalue weighted by molar-refractivity contribution is 5.79. The van der Waals surface area contributed by atoms with Crippen LogP contribution in [-0.2, 0) is 0 Å². The van der Waals surface area contributed by atoms with Crippen molar-refractivity contribution in [2.45, 2.75) is 12.8 Å². The minimum absolute atomic E-state index is 1.13. The van der Waals surface area contributed by atoms with Gasteiger partial charge in [0.15, 0.2) is 0 Å². The molecule has 2 nitrogen and oxygen atoms in total. The van der Waals surface area contributed by atoms with Gasteiger partial charge in [-0.2, -0.15) is 0 Å². The van der Waals surface area contributed by atoms with Gasteiger partial charge < -0.3 is 10.6 Å². The summed E-state index contributed by atoms with van der Waals surface area (Å²) in [4.78, 5) is 0. The van der Waals surface area contributed by atoms with E-state index in [1.165, 1.54) is 11.4 Å². The molecule has 1 aromatic rings. The summed E-state index contributed by atoms with van der Waals surface area (Å²) in [5.41, 5.74) is 4.76. The highest BCUT2D eigenvalue weighted by atomic mass is 15.1. The third-order valence-electron chi connectivity index (χ3n) is 2.62. The van der Waals surface area contributed by atoms with Gasteiger partial charge in [0.05, 0.1) is 22.8 Å². The number of fused-ring (bicyclic) bond motifs is 2. The molecule has 1 aromatic carbocycles. The SMILES string of the molecule is C1=C2Nc3ccccc3NC2=CCC1. The van der Waals surface area contributed by atoms with Crippen molar-refractivity contribution in [1.29, 1.82) is 0 Å². The average Bonchev–Trinajstić information content (AvgIpc) is 2.26.